The number of pyridine rings is 2. The quantitative estimate of drug-likeness (QED) is 0.0717. The summed E-state index contributed by atoms with van der Waals surface area (Å²) in [6.45, 7) is 7.96. The minimum Gasteiger partial charge on any atom is -0.311 e. The molecule has 0 spiro atoms. The summed E-state index contributed by atoms with van der Waals surface area (Å²) in [5, 5.41) is 11.2. The zero-order valence-corrected chi connectivity index (χ0v) is 34.6. The molecule has 0 bridgehead atoms. The first-order valence-electron chi connectivity index (χ1n) is 20.7. The van der Waals surface area contributed by atoms with E-state index in [9.17, 15) is 28.8 Å². The van der Waals surface area contributed by atoms with E-state index >= 15 is 0 Å². The van der Waals surface area contributed by atoms with Gasteiger partial charge >= 0.3 is 0 Å². The summed E-state index contributed by atoms with van der Waals surface area (Å²) in [6, 6.07) is 16.2. The molecule has 0 aliphatic heterocycles. The number of anilines is 4. The molecule has 1 aliphatic carbocycles. The molecule has 0 saturated heterocycles. The van der Waals surface area contributed by atoms with Crippen LogP contribution in [0.5, 0.6) is 0 Å². The van der Waals surface area contributed by atoms with Crippen LogP contribution in [-0.4, -0.2) is 45.2 Å². The van der Waals surface area contributed by atoms with Crippen LogP contribution in [-0.2, 0) is 19.2 Å². The number of fused-ring (bicyclic) bond motifs is 2. The van der Waals surface area contributed by atoms with E-state index in [-0.39, 0.29) is 74.9 Å². The Kier molecular flexibility index (Phi) is 16.0. The lowest BCUT2D eigenvalue weighted by atomic mass is 9.80. The van der Waals surface area contributed by atoms with E-state index in [1.807, 2.05) is 27.7 Å². The molecule has 5 rings (SSSR count). The number of benzene rings is 2. The van der Waals surface area contributed by atoms with Crippen LogP contribution in [0.3, 0.4) is 0 Å². The number of ketones is 2. The van der Waals surface area contributed by atoms with Gasteiger partial charge in [-0.3, -0.25) is 28.8 Å². The zero-order chi connectivity index (χ0) is 43.0. The van der Waals surface area contributed by atoms with Crippen molar-refractivity contribution in [2.75, 3.05) is 21.3 Å². The Bertz CT molecular complexity index is 2190. The lowest BCUT2D eigenvalue weighted by Crippen LogP contribution is -2.23. The second kappa shape index (κ2) is 21.7. The number of carbonyl (C=O) groups is 6. The van der Waals surface area contributed by atoms with Crippen LogP contribution >= 0.6 is 0 Å². The molecule has 12 heteroatoms. The van der Waals surface area contributed by atoms with Crippen molar-refractivity contribution in [1.29, 1.82) is 0 Å². The SMILES string of the molecule is CCCCC(=O)Nc1cc(C#Cc2cccc3c2C(=O)c2c(C#Cc4cc(NC(=O)CCCC)nc(NC(=O)CCCC)c4)cccc2C3=O)cc(NC(=O)CCCC)n1. The molecule has 0 saturated carbocycles. The Labute approximate surface area is 351 Å². The number of hydrogen-bond acceptors (Lipinski definition) is 8. The first-order chi connectivity index (χ1) is 29.0. The molecule has 0 unspecified atom stereocenters. The summed E-state index contributed by atoms with van der Waals surface area (Å²) >= 11 is 0. The smallest absolute Gasteiger partial charge is 0.225 e. The molecule has 2 aromatic heterocycles. The number of aromatic nitrogens is 2. The van der Waals surface area contributed by atoms with Crippen molar-refractivity contribution in [2.45, 2.75) is 105 Å². The Balaban J connectivity index is 1.51. The van der Waals surface area contributed by atoms with Crippen molar-refractivity contribution in [3.05, 3.63) is 105 Å². The largest absolute Gasteiger partial charge is 0.311 e. The summed E-state index contributed by atoms with van der Waals surface area (Å²) in [5.41, 5.74) is 2.11. The van der Waals surface area contributed by atoms with Crippen molar-refractivity contribution in [3.63, 3.8) is 0 Å². The molecular weight excluding hydrogens is 757 g/mol. The van der Waals surface area contributed by atoms with Gasteiger partial charge in [-0.1, -0.05) is 101 Å². The van der Waals surface area contributed by atoms with E-state index in [0.717, 1.165) is 25.7 Å². The third-order valence-electron chi connectivity index (χ3n) is 9.51. The molecule has 12 nitrogen and oxygen atoms in total. The fraction of sp³-hybridized carbons (Fsp3) is 0.333. The minimum absolute atomic E-state index is 0.130. The van der Waals surface area contributed by atoms with Gasteiger partial charge < -0.3 is 21.3 Å². The zero-order valence-electron chi connectivity index (χ0n) is 34.6. The first-order valence-corrected chi connectivity index (χ1v) is 20.7. The van der Waals surface area contributed by atoms with E-state index in [1.54, 1.807) is 60.7 Å². The van der Waals surface area contributed by atoms with Crippen LogP contribution in [0.15, 0.2) is 60.7 Å². The van der Waals surface area contributed by atoms with Crippen molar-refractivity contribution in [2.24, 2.45) is 0 Å². The molecule has 4 aromatic rings. The summed E-state index contributed by atoms with van der Waals surface area (Å²) in [7, 11) is 0. The molecule has 0 radical (unpaired) electrons. The number of nitrogens with zero attached hydrogens (tertiary/aromatic N) is 2. The second-order valence-corrected chi connectivity index (χ2v) is 14.5. The first kappa shape index (κ1) is 44.2. The number of carbonyl (C=O) groups excluding carboxylic acids is 6. The van der Waals surface area contributed by atoms with E-state index in [4.69, 9.17) is 0 Å². The fourth-order valence-electron chi connectivity index (χ4n) is 6.36. The van der Waals surface area contributed by atoms with Gasteiger partial charge in [-0.25, -0.2) is 9.97 Å². The van der Waals surface area contributed by atoms with Crippen LogP contribution in [0.25, 0.3) is 0 Å². The predicted molar refractivity (Wildman–Crippen MR) is 233 cm³/mol. The monoisotopic (exact) mass is 806 g/mol. The molecule has 2 aromatic carbocycles. The van der Waals surface area contributed by atoms with E-state index in [0.29, 0.717) is 73.6 Å². The highest BCUT2D eigenvalue weighted by atomic mass is 16.2. The van der Waals surface area contributed by atoms with Gasteiger partial charge in [0.05, 0.1) is 0 Å². The number of amides is 4. The Morgan fingerprint density at radius 1 is 0.467 bits per heavy atom. The molecule has 0 fully saturated rings. The Morgan fingerprint density at radius 2 is 0.783 bits per heavy atom. The average Bonchev–Trinajstić information content (AvgIpc) is 3.23. The summed E-state index contributed by atoms with van der Waals surface area (Å²) in [4.78, 5) is 87.7. The maximum Gasteiger partial charge on any atom is 0.225 e. The van der Waals surface area contributed by atoms with Gasteiger partial charge in [-0.2, -0.15) is 0 Å². The van der Waals surface area contributed by atoms with Gasteiger partial charge in [0.25, 0.3) is 0 Å². The van der Waals surface area contributed by atoms with Crippen molar-refractivity contribution in [3.8, 4) is 23.7 Å². The van der Waals surface area contributed by atoms with E-state index < -0.39 is 5.78 Å². The Morgan fingerprint density at radius 3 is 1.08 bits per heavy atom. The summed E-state index contributed by atoms with van der Waals surface area (Å²) in [5.74, 6) is 11.4. The fourth-order valence-corrected chi connectivity index (χ4v) is 6.36. The second-order valence-electron chi connectivity index (χ2n) is 14.5. The maximum absolute atomic E-state index is 14.5. The molecule has 4 N–H and O–H groups in total. The third kappa shape index (κ3) is 12.1. The molecule has 1 aliphatic rings. The van der Waals surface area contributed by atoms with Crippen molar-refractivity contribution < 1.29 is 28.8 Å². The topological polar surface area (TPSA) is 176 Å². The average molecular weight is 807 g/mol. The number of hydrogen-bond donors (Lipinski definition) is 4. The minimum atomic E-state index is -0.431. The van der Waals surface area contributed by atoms with Gasteiger partial charge in [-0.05, 0) is 62.1 Å². The highest BCUT2D eigenvalue weighted by Crippen LogP contribution is 2.31. The predicted octanol–water partition coefficient (Wildman–Crippen LogP) is 8.57. The third-order valence-corrected chi connectivity index (χ3v) is 9.51. The van der Waals surface area contributed by atoms with Crippen LogP contribution in [0.4, 0.5) is 23.3 Å². The molecule has 308 valence electrons. The van der Waals surface area contributed by atoms with Gasteiger partial charge in [0.2, 0.25) is 23.6 Å². The highest BCUT2D eigenvalue weighted by Gasteiger charge is 2.33. The Hall–Kier alpha value is -6.92. The van der Waals surface area contributed by atoms with Gasteiger partial charge in [0.1, 0.15) is 23.3 Å². The molecule has 0 atom stereocenters. The molecule has 2 heterocycles. The molecular formula is C48H50N6O6. The van der Waals surface area contributed by atoms with Gasteiger partial charge in [0, 0.05) is 70.2 Å². The van der Waals surface area contributed by atoms with Crippen LogP contribution in [0.2, 0.25) is 0 Å². The standard InChI is InChI=1S/C48H50N6O6/c1-5-9-19-41(55)51-37-27-31(28-38(49-37)52-42(56)20-10-6-2)23-25-33-15-13-17-35-45(33)48(60)46-34(16-14-18-36(46)47(35)59)26-24-32-29-39(53-43(57)21-11-7-3)50-40(30-32)54-44(58)22-12-8-4/h13-18,27-30H,5-12,19-22H2,1-4H3,(H2,49,51,52,55,56)(H2,50,53,54,57,58). The maximum atomic E-state index is 14.5. The molecule has 4 amide bonds. The van der Waals surface area contributed by atoms with E-state index in [1.165, 1.54) is 0 Å². The van der Waals surface area contributed by atoms with Gasteiger partial charge in [0.15, 0.2) is 11.6 Å². The normalized spacial score (nSPS) is 11.2. The number of unbranched alkanes of at least 4 members (excludes halogenated alkanes) is 4. The summed E-state index contributed by atoms with van der Waals surface area (Å²) in [6.07, 6.45) is 7.45. The van der Waals surface area contributed by atoms with Crippen LogP contribution < -0.4 is 21.3 Å². The van der Waals surface area contributed by atoms with Crippen molar-refractivity contribution in [1.82, 2.24) is 9.97 Å². The summed E-state index contributed by atoms with van der Waals surface area (Å²) < 4.78 is 0. The highest BCUT2D eigenvalue weighted by molar-refractivity contribution is 6.30. The van der Waals surface area contributed by atoms with E-state index in [2.05, 4.69) is 54.9 Å². The molecule has 60 heavy (non-hydrogen) atoms. The lowest BCUT2D eigenvalue weighted by molar-refractivity contribution is -0.117. The van der Waals surface area contributed by atoms with Crippen LogP contribution in [0, 0.1) is 23.7 Å². The van der Waals surface area contributed by atoms with Gasteiger partial charge in [-0.15, -0.1) is 0 Å². The number of nitrogens with one attached hydrogen (secondary N) is 4. The van der Waals surface area contributed by atoms with Crippen molar-refractivity contribution >= 4 is 58.5 Å². The van der Waals surface area contributed by atoms with Crippen LogP contribution in [0.1, 0.15) is 159 Å². The number of rotatable bonds is 16. The lowest BCUT2D eigenvalue weighted by Gasteiger charge is -2.19.